The Hall–Kier alpha value is -2.47. The zero-order valence-corrected chi connectivity index (χ0v) is 19.9. The number of aromatic nitrogens is 2. The van der Waals surface area contributed by atoms with Gasteiger partial charge >= 0.3 is 0 Å². The lowest BCUT2D eigenvalue weighted by Crippen LogP contribution is -2.36. The van der Waals surface area contributed by atoms with Crippen molar-refractivity contribution in [2.45, 2.75) is 77.3 Å². The van der Waals surface area contributed by atoms with Crippen molar-refractivity contribution < 1.29 is 9.59 Å². The number of aldehydes is 1. The molecule has 1 aromatic carbocycles. The van der Waals surface area contributed by atoms with Crippen LogP contribution in [-0.4, -0.2) is 27.8 Å². The second-order valence-electron chi connectivity index (χ2n) is 9.35. The Labute approximate surface area is 194 Å². The first-order valence-electron chi connectivity index (χ1n) is 11.8. The lowest BCUT2D eigenvalue weighted by molar-refractivity contribution is -0.109. The number of thiophene rings is 1. The largest absolute Gasteiger partial charge is 0.343 e. The van der Waals surface area contributed by atoms with E-state index in [4.69, 9.17) is 4.98 Å². The molecule has 2 heterocycles. The molecule has 1 fully saturated rings. The van der Waals surface area contributed by atoms with Crippen molar-refractivity contribution >= 4 is 34.6 Å². The molecule has 170 valence electrons. The van der Waals surface area contributed by atoms with Gasteiger partial charge in [-0.1, -0.05) is 45.6 Å². The van der Waals surface area contributed by atoms with Gasteiger partial charge in [0.25, 0.3) is 5.91 Å². The van der Waals surface area contributed by atoms with Crippen molar-refractivity contribution in [3.05, 3.63) is 52.0 Å². The van der Waals surface area contributed by atoms with E-state index in [1.165, 1.54) is 43.4 Å². The van der Waals surface area contributed by atoms with Crippen LogP contribution in [0.2, 0.25) is 0 Å². The summed E-state index contributed by atoms with van der Waals surface area (Å²) in [6.07, 6.45) is 9.77. The molecule has 4 rings (SSSR count). The standard InChI is InChI=1S/C26H33N3O2S/c1-18(2)14-20(17-30)27-26(31)19-11-12-24-23(15-19)28-25(16-22-10-7-13-32-22)29(24)21-8-5-3-4-6-9-21/h7,10-13,15,17-18,20-21H,3-6,8-9,14,16H2,1-2H3,(H,27,31)/t20-/m0/s1. The predicted octanol–water partition coefficient (Wildman–Crippen LogP) is 5.93. The molecule has 0 aliphatic heterocycles. The van der Waals surface area contributed by atoms with Crippen LogP contribution in [0.5, 0.6) is 0 Å². The van der Waals surface area contributed by atoms with Crippen molar-refractivity contribution in [1.82, 2.24) is 14.9 Å². The molecule has 1 N–H and O–H groups in total. The Balaban J connectivity index is 1.66. The monoisotopic (exact) mass is 451 g/mol. The van der Waals surface area contributed by atoms with Gasteiger partial charge in [0.05, 0.1) is 17.1 Å². The maximum absolute atomic E-state index is 12.8. The number of hydrogen-bond acceptors (Lipinski definition) is 4. The van der Waals surface area contributed by atoms with Gasteiger partial charge in [0, 0.05) is 22.9 Å². The van der Waals surface area contributed by atoms with Gasteiger partial charge in [-0.2, -0.15) is 0 Å². The fourth-order valence-corrected chi connectivity index (χ4v) is 5.52. The van der Waals surface area contributed by atoms with E-state index < -0.39 is 6.04 Å². The van der Waals surface area contributed by atoms with Gasteiger partial charge in [-0.05, 0) is 54.8 Å². The van der Waals surface area contributed by atoms with E-state index in [-0.39, 0.29) is 5.91 Å². The highest BCUT2D eigenvalue weighted by atomic mass is 32.1. The van der Waals surface area contributed by atoms with Crippen molar-refractivity contribution in [3.63, 3.8) is 0 Å². The molecule has 0 spiro atoms. The predicted molar refractivity (Wildman–Crippen MR) is 130 cm³/mol. The summed E-state index contributed by atoms with van der Waals surface area (Å²) in [7, 11) is 0. The fraction of sp³-hybridized carbons (Fsp3) is 0.500. The Bertz CT molecular complexity index is 1050. The van der Waals surface area contributed by atoms with E-state index in [2.05, 4.69) is 27.4 Å². The van der Waals surface area contributed by atoms with Crippen LogP contribution in [0.15, 0.2) is 35.7 Å². The van der Waals surface area contributed by atoms with E-state index in [1.54, 1.807) is 11.3 Å². The minimum Gasteiger partial charge on any atom is -0.343 e. The first kappa shape index (κ1) is 22.7. The molecule has 32 heavy (non-hydrogen) atoms. The number of nitrogens with one attached hydrogen (secondary N) is 1. The number of hydrogen-bond donors (Lipinski definition) is 1. The summed E-state index contributed by atoms with van der Waals surface area (Å²) in [6.45, 7) is 4.09. The van der Waals surface area contributed by atoms with Crippen LogP contribution >= 0.6 is 11.3 Å². The summed E-state index contributed by atoms with van der Waals surface area (Å²) in [5.41, 5.74) is 2.52. The van der Waals surface area contributed by atoms with Crippen molar-refractivity contribution in [2.24, 2.45) is 5.92 Å². The molecule has 0 unspecified atom stereocenters. The van der Waals surface area contributed by atoms with Crippen LogP contribution < -0.4 is 5.32 Å². The first-order valence-corrected chi connectivity index (χ1v) is 12.7. The molecule has 3 aromatic rings. The lowest BCUT2D eigenvalue weighted by Gasteiger charge is -2.20. The normalized spacial score (nSPS) is 16.2. The summed E-state index contributed by atoms with van der Waals surface area (Å²) < 4.78 is 2.44. The van der Waals surface area contributed by atoms with Gasteiger partial charge in [0.2, 0.25) is 0 Å². The molecule has 2 aromatic heterocycles. The molecule has 1 atom stereocenters. The molecule has 0 saturated heterocycles. The van der Waals surface area contributed by atoms with Gasteiger partial charge in [-0.3, -0.25) is 4.79 Å². The summed E-state index contributed by atoms with van der Waals surface area (Å²) >= 11 is 1.76. The third-order valence-electron chi connectivity index (χ3n) is 6.33. The summed E-state index contributed by atoms with van der Waals surface area (Å²) in [5, 5.41) is 4.98. The number of imidazole rings is 1. The van der Waals surface area contributed by atoms with Gasteiger partial charge < -0.3 is 14.7 Å². The SMILES string of the molecule is CC(C)C[C@@H](C=O)NC(=O)c1ccc2c(c1)nc(Cc1cccs1)n2C1CCCCCC1. The molecule has 1 aliphatic rings. The third kappa shape index (κ3) is 5.29. The number of fused-ring (bicyclic) bond motifs is 1. The highest BCUT2D eigenvalue weighted by molar-refractivity contribution is 7.09. The zero-order valence-electron chi connectivity index (χ0n) is 19.0. The Morgan fingerprint density at radius 2 is 2.00 bits per heavy atom. The molecule has 0 radical (unpaired) electrons. The van der Waals surface area contributed by atoms with Gasteiger partial charge in [0.1, 0.15) is 12.1 Å². The lowest BCUT2D eigenvalue weighted by atomic mass is 10.0. The minimum atomic E-state index is -0.462. The van der Waals surface area contributed by atoms with Crippen molar-refractivity contribution in [2.75, 3.05) is 0 Å². The molecule has 6 heteroatoms. The van der Waals surface area contributed by atoms with Crippen LogP contribution in [0.3, 0.4) is 0 Å². The average Bonchev–Trinajstić information content (AvgIpc) is 3.32. The number of rotatable bonds is 8. The molecular formula is C26H33N3O2S. The fourth-order valence-electron chi connectivity index (χ4n) is 4.82. The van der Waals surface area contributed by atoms with Crippen LogP contribution in [0.4, 0.5) is 0 Å². The van der Waals surface area contributed by atoms with E-state index in [0.29, 0.717) is 23.9 Å². The Morgan fingerprint density at radius 3 is 2.66 bits per heavy atom. The molecule has 0 bridgehead atoms. The average molecular weight is 452 g/mol. The third-order valence-corrected chi connectivity index (χ3v) is 7.21. The van der Waals surface area contributed by atoms with Gasteiger partial charge in [-0.25, -0.2) is 4.98 Å². The Morgan fingerprint density at radius 1 is 1.22 bits per heavy atom. The molecular weight excluding hydrogens is 418 g/mol. The van der Waals surface area contributed by atoms with Crippen LogP contribution in [-0.2, 0) is 11.2 Å². The quantitative estimate of drug-likeness (QED) is 0.341. The summed E-state index contributed by atoms with van der Waals surface area (Å²) in [5.74, 6) is 1.20. The van der Waals surface area contributed by atoms with Crippen molar-refractivity contribution in [3.8, 4) is 0 Å². The number of benzene rings is 1. The second-order valence-corrected chi connectivity index (χ2v) is 10.4. The highest BCUT2D eigenvalue weighted by Gasteiger charge is 2.22. The van der Waals surface area contributed by atoms with E-state index >= 15 is 0 Å². The van der Waals surface area contributed by atoms with Gasteiger partial charge in [0.15, 0.2) is 0 Å². The van der Waals surface area contributed by atoms with E-state index in [9.17, 15) is 9.59 Å². The van der Waals surface area contributed by atoms with E-state index in [1.807, 2.05) is 32.0 Å². The van der Waals surface area contributed by atoms with Crippen LogP contribution in [0.1, 0.15) is 85.9 Å². The first-order chi connectivity index (χ1) is 15.5. The maximum Gasteiger partial charge on any atom is 0.251 e. The van der Waals surface area contributed by atoms with E-state index in [0.717, 1.165) is 29.6 Å². The minimum absolute atomic E-state index is 0.214. The number of carbonyl (C=O) groups is 2. The smallest absolute Gasteiger partial charge is 0.251 e. The molecule has 1 aliphatic carbocycles. The van der Waals surface area contributed by atoms with Crippen LogP contribution in [0.25, 0.3) is 11.0 Å². The summed E-state index contributed by atoms with van der Waals surface area (Å²) in [6, 6.07) is 10.0. The zero-order chi connectivity index (χ0) is 22.5. The second kappa shape index (κ2) is 10.4. The maximum atomic E-state index is 12.8. The van der Waals surface area contributed by atoms with Crippen molar-refractivity contribution in [1.29, 1.82) is 0 Å². The number of carbonyl (C=O) groups excluding carboxylic acids is 2. The highest BCUT2D eigenvalue weighted by Crippen LogP contribution is 2.33. The van der Waals surface area contributed by atoms with Gasteiger partial charge in [-0.15, -0.1) is 11.3 Å². The topological polar surface area (TPSA) is 64.0 Å². The number of nitrogens with zero attached hydrogens (tertiary/aromatic N) is 2. The summed E-state index contributed by atoms with van der Waals surface area (Å²) in [4.78, 5) is 30.5. The number of amides is 1. The Kier molecular flexibility index (Phi) is 7.40. The van der Waals surface area contributed by atoms with Crippen LogP contribution in [0, 0.1) is 5.92 Å². The molecule has 1 saturated carbocycles. The molecule has 5 nitrogen and oxygen atoms in total. The molecule has 1 amide bonds.